The molecular weight excluding hydrogens is 280 g/mol. The molecule has 0 aliphatic heterocycles. The minimum Gasteiger partial charge on any atom is -0.312 e. The quantitative estimate of drug-likeness (QED) is 0.813. The molecule has 0 amide bonds. The van der Waals surface area contributed by atoms with Gasteiger partial charge in [0.15, 0.2) is 0 Å². The van der Waals surface area contributed by atoms with Gasteiger partial charge in [0.2, 0.25) is 10.0 Å². The lowest BCUT2D eigenvalue weighted by Crippen LogP contribution is -2.39. The van der Waals surface area contributed by atoms with Gasteiger partial charge in [0.1, 0.15) is 4.21 Å². The van der Waals surface area contributed by atoms with Gasteiger partial charge in [-0.2, -0.15) is 0 Å². The summed E-state index contributed by atoms with van der Waals surface area (Å²) in [5, 5.41) is 3.20. The van der Waals surface area contributed by atoms with Gasteiger partial charge in [-0.05, 0) is 36.9 Å². The van der Waals surface area contributed by atoms with Gasteiger partial charge in [0.05, 0.1) is 0 Å². The first-order chi connectivity index (χ1) is 8.95. The lowest BCUT2D eigenvalue weighted by Gasteiger charge is -2.38. The summed E-state index contributed by atoms with van der Waals surface area (Å²) in [5.41, 5.74) is 0.164. The van der Waals surface area contributed by atoms with Crippen LogP contribution in [0.5, 0.6) is 0 Å². The highest BCUT2D eigenvalue weighted by atomic mass is 32.2. The van der Waals surface area contributed by atoms with E-state index in [-0.39, 0.29) is 5.41 Å². The molecule has 108 valence electrons. The Morgan fingerprint density at radius 2 is 2.11 bits per heavy atom. The topological polar surface area (TPSA) is 58.2 Å². The summed E-state index contributed by atoms with van der Waals surface area (Å²) in [6.45, 7) is 6.34. The van der Waals surface area contributed by atoms with Gasteiger partial charge in [-0.1, -0.05) is 20.3 Å². The van der Waals surface area contributed by atoms with Crippen molar-refractivity contribution in [3.05, 3.63) is 17.0 Å². The monoisotopic (exact) mass is 302 g/mol. The van der Waals surface area contributed by atoms with Crippen LogP contribution in [0.4, 0.5) is 0 Å². The van der Waals surface area contributed by atoms with Crippen LogP contribution in [0.25, 0.3) is 0 Å². The number of thiophene rings is 1. The average molecular weight is 302 g/mol. The van der Waals surface area contributed by atoms with Crippen molar-refractivity contribution in [3.63, 3.8) is 0 Å². The second-order valence-corrected chi connectivity index (χ2v) is 8.65. The molecule has 0 radical (unpaired) electrons. The number of hydrogen-bond donors (Lipinski definition) is 2. The van der Waals surface area contributed by atoms with E-state index in [0.717, 1.165) is 30.8 Å². The van der Waals surface area contributed by atoms with Crippen molar-refractivity contribution in [3.8, 4) is 0 Å². The molecule has 6 heteroatoms. The highest BCUT2D eigenvalue weighted by Gasteiger charge is 2.33. The zero-order valence-electron chi connectivity index (χ0n) is 11.5. The maximum absolute atomic E-state index is 12.2. The van der Waals surface area contributed by atoms with Gasteiger partial charge in [0, 0.05) is 18.0 Å². The smallest absolute Gasteiger partial charge is 0.250 e. The first-order valence-electron chi connectivity index (χ1n) is 6.74. The first-order valence-corrected chi connectivity index (χ1v) is 9.04. The Labute approximate surface area is 119 Å². The zero-order chi connectivity index (χ0) is 13.9. The van der Waals surface area contributed by atoms with Crippen molar-refractivity contribution in [1.29, 1.82) is 0 Å². The molecule has 0 unspecified atom stereocenters. The fourth-order valence-corrected chi connectivity index (χ4v) is 4.71. The van der Waals surface area contributed by atoms with Crippen LogP contribution in [-0.2, 0) is 16.6 Å². The largest absolute Gasteiger partial charge is 0.312 e. The molecule has 4 nitrogen and oxygen atoms in total. The molecule has 2 N–H and O–H groups in total. The maximum Gasteiger partial charge on any atom is 0.250 e. The van der Waals surface area contributed by atoms with Crippen molar-refractivity contribution in [1.82, 2.24) is 10.0 Å². The third kappa shape index (κ3) is 3.78. The molecule has 0 bridgehead atoms. The standard InChI is InChI=1S/C13H22N2O2S2/c1-3-14-9-11-5-6-12(18-11)19(16,17)15-10-13(2)7-4-8-13/h5-6,14-15H,3-4,7-10H2,1-2H3. The molecule has 19 heavy (non-hydrogen) atoms. The van der Waals surface area contributed by atoms with E-state index in [1.165, 1.54) is 17.8 Å². The van der Waals surface area contributed by atoms with Crippen LogP contribution in [0.1, 0.15) is 38.0 Å². The Morgan fingerprint density at radius 3 is 2.68 bits per heavy atom. The van der Waals surface area contributed by atoms with Crippen LogP contribution >= 0.6 is 11.3 Å². The maximum atomic E-state index is 12.2. The average Bonchev–Trinajstić information content (AvgIpc) is 2.81. The summed E-state index contributed by atoms with van der Waals surface area (Å²) < 4.78 is 27.5. The summed E-state index contributed by atoms with van der Waals surface area (Å²) in [4.78, 5) is 1.05. The molecule has 1 aromatic rings. The van der Waals surface area contributed by atoms with Gasteiger partial charge in [-0.3, -0.25) is 0 Å². The van der Waals surface area contributed by atoms with Crippen molar-refractivity contribution < 1.29 is 8.42 Å². The molecular formula is C13H22N2O2S2. The molecule has 1 aliphatic rings. The fourth-order valence-electron chi connectivity index (χ4n) is 2.14. The Balaban J connectivity index is 1.96. The van der Waals surface area contributed by atoms with E-state index >= 15 is 0 Å². The summed E-state index contributed by atoms with van der Waals surface area (Å²) in [6.07, 6.45) is 3.45. The number of sulfonamides is 1. The van der Waals surface area contributed by atoms with Crippen molar-refractivity contribution in [2.24, 2.45) is 5.41 Å². The minimum absolute atomic E-state index is 0.164. The van der Waals surface area contributed by atoms with Crippen LogP contribution in [-0.4, -0.2) is 21.5 Å². The number of nitrogens with one attached hydrogen (secondary N) is 2. The molecule has 0 aromatic carbocycles. The minimum atomic E-state index is -3.33. The van der Waals surface area contributed by atoms with E-state index in [1.54, 1.807) is 6.07 Å². The first kappa shape index (κ1) is 15.0. The van der Waals surface area contributed by atoms with E-state index in [4.69, 9.17) is 0 Å². The van der Waals surface area contributed by atoms with E-state index in [1.807, 2.05) is 13.0 Å². The van der Waals surface area contributed by atoms with Crippen molar-refractivity contribution in [2.75, 3.05) is 13.1 Å². The van der Waals surface area contributed by atoms with Crippen LogP contribution in [0.3, 0.4) is 0 Å². The Bertz CT molecular complexity index is 519. The third-order valence-corrected chi connectivity index (χ3v) is 6.68. The number of rotatable bonds is 7. The highest BCUT2D eigenvalue weighted by molar-refractivity contribution is 7.91. The predicted molar refractivity (Wildman–Crippen MR) is 78.8 cm³/mol. The van der Waals surface area contributed by atoms with Gasteiger partial charge in [-0.25, -0.2) is 13.1 Å². The van der Waals surface area contributed by atoms with Crippen LogP contribution < -0.4 is 10.0 Å². The highest BCUT2D eigenvalue weighted by Crippen LogP contribution is 2.39. The van der Waals surface area contributed by atoms with Crippen molar-refractivity contribution >= 4 is 21.4 Å². The van der Waals surface area contributed by atoms with Gasteiger partial charge < -0.3 is 5.32 Å². The van der Waals surface area contributed by atoms with E-state index in [2.05, 4.69) is 17.0 Å². The zero-order valence-corrected chi connectivity index (χ0v) is 13.2. The normalized spacial score (nSPS) is 18.2. The second kappa shape index (κ2) is 5.91. The van der Waals surface area contributed by atoms with Gasteiger partial charge in [0.25, 0.3) is 0 Å². The Hall–Kier alpha value is -0.430. The van der Waals surface area contributed by atoms with Crippen LogP contribution in [0.2, 0.25) is 0 Å². The molecule has 0 spiro atoms. The SMILES string of the molecule is CCNCc1ccc(S(=O)(=O)NCC2(C)CCC2)s1. The van der Waals surface area contributed by atoms with Crippen LogP contribution in [0, 0.1) is 5.41 Å². The van der Waals surface area contributed by atoms with Crippen LogP contribution in [0.15, 0.2) is 16.3 Å². The van der Waals surface area contributed by atoms with E-state index in [9.17, 15) is 8.42 Å². The van der Waals surface area contributed by atoms with E-state index in [0.29, 0.717) is 10.8 Å². The van der Waals surface area contributed by atoms with Gasteiger partial charge in [-0.15, -0.1) is 11.3 Å². The third-order valence-electron chi connectivity index (χ3n) is 3.70. The van der Waals surface area contributed by atoms with Crippen molar-refractivity contribution in [2.45, 2.75) is 43.9 Å². The summed E-state index contributed by atoms with van der Waals surface area (Å²) >= 11 is 1.34. The lowest BCUT2D eigenvalue weighted by atomic mass is 9.71. The van der Waals surface area contributed by atoms with Gasteiger partial charge >= 0.3 is 0 Å². The molecule has 0 saturated heterocycles. The Kier molecular flexibility index (Phi) is 4.66. The summed E-state index contributed by atoms with van der Waals surface area (Å²) in [7, 11) is -3.33. The molecule has 0 atom stereocenters. The molecule has 1 fully saturated rings. The molecule has 1 heterocycles. The lowest BCUT2D eigenvalue weighted by molar-refractivity contribution is 0.166. The Morgan fingerprint density at radius 1 is 1.37 bits per heavy atom. The van der Waals surface area contributed by atoms with E-state index < -0.39 is 10.0 Å². The molecule has 1 saturated carbocycles. The molecule has 2 rings (SSSR count). The fraction of sp³-hybridized carbons (Fsp3) is 0.692. The second-order valence-electron chi connectivity index (χ2n) is 5.49. The summed E-state index contributed by atoms with van der Waals surface area (Å²) in [6, 6.07) is 3.58. The summed E-state index contributed by atoms with van der Waals surface area (Å²) in [5.74, 6) is 0. The predicted octanol–water partition coefficient (Wildman–Crippen LogP) is 2.33. The molecule has 1 aromatic heterocycles. The number of hydrogen-bond acceptors (Lipinski definition) is 4. The molecule has 1 aliphatic carbocycles.